The number of nitrogens with one attached hydrogen (secondary N) is 1. The first-order chi connectivity index (χ1) is 9.60. The number of nitrogens with zero attached hydrogens (tertiary/aromatic N) is 1. The zero-order chi connectivity index (χ0) is 14.3. The third-order valence-corrected chi connectivity index (χ3v) is 4.78. The summed E-state index contributed by atoms with van der Waals surface area (Å²) in [6, 6.07) is 8.58. The maximum absolute atomic E-state index is 12.3. The van der Waals surface area contributed by atoms with Crippen LogP contribution < -0.4 is 5.32 Å². The lowest BCUT2D eigenvalue weighted by Gasteiger charge is -2.25. The number of aryl methyl sites for hydroxylation is 1. The van der Waals surface area contributed by atoms with Crippen LogP contribution in [0, 0.1) is 11.8 Å². The van der Waals surface area contributed by atoms with Crippen LogP contribution in [-0.4, -0.2) is 23.4 Å². The quantitative estimate of drug-likeness (QED) is 0.914. The maximum atomic E-state index is 12.3. The van der Waals surface area contributed by atoms with Gasteiger partial charge in [0.05, 0.1) is 6.04 Å². The van der Waals surface area contributed by atoms with E-state index < -0.39 is 0 Å². The van der Waals surface area contributed by atoms with Gasteiger partial charge >= 0.3 is 0 Å². The van der Waals surface area contributed by atoms with E-state index in [4.69, 9.17) is 0 Å². The molecule has 2 fully saturated rings. The first kappa shape index (κ1) is 13.6. The third-order valence-electron chi connectivity index (χ3n) is 4.78. The van der Waals surface area contributed by atoms with Crippen molar-refractivity contribution in [1.82, 2.24) is 10.2 Å². The lowest BCUT2D eigenvalue weighted by Crippen LogP contribution is -2.32. The Balaban J connectivity index is 1.79. The maximum Gasteiger partial charge on any atom is 0.241 e. The van der Waals surface area contributed by atoms with E-state index in [1.165, 1.54) is 17.5 Å². The first-order valence-corrected chi connectivity index (χ1v) is 7.75. The molecular weight excluding hydrogens is 248 g/mol. The van der Waals surface area contributed by atoms with Crippen molar-refractivity contribution in [2.45, 2.75) is 45.8 Å². The molecule has 3 nitrogen and oxygen atoms in total. The molecule has 108 valence electrons. The summed E-state index contributed by atoms with van der Waals surface area (Å²) < 4.78 is 0. The first-order valence-electron chi connectivity index (χ1n) is 7.75. The summed E-state index contributed by atoms with van der Waals surface area (Å²) in [5.74, 6) is 1.72. The lowest BCUT2D eigenvalue weighted by molar-refractivity contribution is -0.130. The number of rotatable bonds is 4. The van der Waals surface area contributed by atoms with Gasteiger partial charge in [-0.2, -0.15) is 0 Å². The van der Waals surface area contributed by atoms with E-state index in [0.29, 0.717) is 5.92 Å². The van der Waals surface area contributed by atoms with Gasteiger partial charge in [-0.25, -0.2) is 0 Å². The SMILES string of the molecule is CCc1ccc(C2NC(C)C(=O)N2CC2CC2C)cc1. The van der Waals surface area contributed by atoms with Crippen molar-refractivity contribution in [3.63, 3.8) is 0 Å². The summed E-state index contributed by atoms with van der Waals surface area (Å²) in [6.07, 6.45) is 2.37. The molecule has 1 amide bonds. The van der Waals surface area contributed by atoms with Crippen LogP contribution >= 0.6 is 0 Å². The minimum Gasteiger partial charge on any atom is -0.321 e. The smallest absolute Gasteiger partial charge is 0.241 e. The molecular formula is C17H24N2O. The molecule has 1 saturated carbocycles. The highest BCUT2D eigenvalue weighted by Crippen LogP contribution is 2.40. The van der Waals surface area contributed by atoms with E-state index in [9.17, 15) is 4.79 Å². The summed E-state index contributed by atoms with van der Waals surface area (Å²) in [5.41, 5.74) is 2.54. The second-order valence-corrected chi connectivity index (χ2v) is 6.35. The minimum atomic E-state index is -0.0695. The number of carbonyl (C=O) groups excluding carboxylic acids is 1. The van der Waals surface area contributed by atoms with Gasteiger partial charge < -0.3 is 4.90 Å². The van der Waals surface area contributed by atoms with Crippen LogP contribution in [0.15, 0.2) is 24.3 Å². The fraction of sp³-hybridized carbons (Fsp3) is 0.588. The topological polar surface area (TPSA) is 32.3 Å². The van der Waals surface area contributed by atoms with Crippen molar-refractivity contribution in [3.8, 4) is 0 Å². The Labute approximate surface area is 121 Å². The Kier molecular flexibility index (Phi) is 3.55. The van der Waals surface area contributed by atoms with Crippen LogP contribution in [0.5, 0.6) is 0 Å². The van der Waals surface area contributed by atoms with Crippen LogP contribution in [0.4, 0.5) is 0 Å². The molecule has 0 spiro atoms. The molecule has 0 radical (unpaired) electrons. The molecule has 3 heteroatoms. The standard InChI is InChI=1S/C17H24N2O/c1-4-13-5-7-14(8-6-13)16-18-12(3)17(20)19(16)10-15-9-11(15)2/h5-8,11-12,15-16,18H,4,9-10H2,1-3H3. The Hall–Kier alpha value is -1.35. The molecule has 2 aliphatic rings. The molecule has 1 heterocycles. The summed E-state index contributed by atoms with van der Waals surface area (Å²) in [7, 11) is 0. The molecule has 1 aromatic carbocycles. The normalized spacial score (nSPS) is 32.8. The molecule has 1 aliphatic heterocycles. The second kappa shape index (κ2) is 5.21. The van der Waals surface area contributed by atoms with Crippen LogP contribution in [0.3, 0.4) is 0 Å². The highest BCUT2D eigenvalue weighted by atomic mass is 16.2. The molecule has 4 unspecified atom stereocenters. The number of benzene rings is 1. The van der Waals surface area contributed by atoms with Gasteiger partial charge in [-0.3, -0.25) is 10.1 Å². The van der Waals surface area contributed by atoms with E-state index in [1.807, 2.05) is 11.8 Å². The summed E-state index contributed by atoms with van der Waals surface area (Å²) in [5, 5.41) is 3.43. The zero-order valence-electron chi connectivity index (χ0n) is 12.6. The molecule has 1 saturated heterocycles. The Morgan fingerprint density at radius 2 is 1.90 bits per heavy atom. The van der Waals surface area contributed by atoms with E-state index >= 15 is 0 Å². The largest absolute Gasteiger partial charge is 0.321 e. The van der Waals surface area contributed by atoms with Gasteiger partial charge in [0, 0.05) is 6.54 Å². The van der Waals surface area contributed by atoms with E-state index in [2.05, 4.69) is 43.4 Å². The van der Waals surface area contributed by atoms with Gasteiger partial charge in [-0.1, -0.05) is 38.1 Å². The summed E-state index contributed by atoms with van der Waals surface area (Å²) in [4.78, 5) is 14.4. The molecule has 20 heavy (non-hydrogen) atoms. The minimum absolute atomic E-state index is 0.0520. The predicted molar refractivity (Wildman–Crippen MR) is 80.1 cm³/mol. The fourth-order valence-corrected chi connectivity index (χ4v) is 3.09. The Morgan fingerprint density at radius 1 is 1.25 bits per heavy atom. The van der Waals surface area contributed by atoms with Crippen LogP contribution in [-0.2, 0) is 11.2 Å². The van der Waals surface area contributed by atoms with Crippen molar-refractivity contribution >= 4 is 5.91 Å². The summed E-state index contributed by atoms with van der Waals surface area (Å²) >= 11 is 0. The average Bonchev–Trinajstić information content (AvgIpc) is 3.09. The van der Waals surface area contributed by atoms with Crippen molar-refractivity contribution < 1.29 is 4.79 Å². The highest BCUT2D eigenvalue weighted by Gasteiger charge is 2.42. The van der Waals surface area contributed by atoms with Crippen LogP contribution in [0.2, 0.25) is 0 Å². The van der Waals surface area contributed by atoms with Gasteiger partial charge in [0.2, 0.25) is 5.91 Å². The highest BCUT2D eigenvalue weighted by molar-refractivity contribution is 5.84. The number of hydrogen-bond donors (Lipinski definition) is 1. The number of carbonyl (C=O) groups is 1. The van der Waals surface area contributed by atoms with Gasteiger partial charge in [-0.05, 0) is 42.7 Å². The Morgan fingerprint density at radius 3 is 2.45 bits per heavy atom. The molecule has 0 aromatic heterocycles. The van der Waals surface area contributed by atoms with E-state index in [-0.39, 0.29) is 18.1 Å². The second-order valence-electron chi connectivity index (χ2n) is 6.35. The number of amides is 1. The zero-order valence-corrected chi connectivity index (χ0v) is 12.6. The molecule has 4 atom stereocenters. The van der Waals surface area contributed by atoms with Crippen molar-refractivity contribution in [1.29, 1.82) is 0 Å². The predicted octanol–water partition coefficient (Wildman–Crippen LogP) is 2.72. The monoisotopic (exact) mass is 272 g/mol. The average molecular weight is 272 g/mol. The fourth-order valence-electron chi connectivity index (χ4n) is 3.09. The number of hydrogen-bond acceptors (Lipinski definition) is 2. The molecule has 1 N–H and O–H groups in total. The van der Waals surface area contributed by atoms with Crippen molar-refractivity contribution in [2.24, 2.45) is 11.8 Å². The summed E-state index contributed by atoms with van der Waals surface area (Å²) in [6.45, 7) is 7.30. The van der Waals surface area contributed by atoms with Crippen molar-refractivity contribution in [2.75, 3.05) is 6.54 Å². The molecule has 1 aliphatic carbocycles. The van der Waals surface area contributed by atoms with Gasteiger partial charge in [-0.15, -0.1) is 0 Å². The lowest BCUT2D eigenvalue weighted by atomic mass is 10.1. The van der Waals surface area contributed by atoms with Gasteiger partial charge in [0.15, 0.2) is 0 Å². The van der Waals surface area contributed by atoms with Crippen LogP contribution in [0.25, 0.3) is 0 Å². The third kappa shape index (κ3) is 2.47. The van der Waals surface area contributed by atoms with Crippen molar-refractivity contribution in [3.05, 3.63) is 35.4 Å². The Bertz CT molecular complexity index is 496. The van der Waals surface area contributed by atoms with Gasteiger partial charge in [0.25, 0.3) is 0 Å². The van der Waals surface area contributed by atoms with E-state index in [1.54, 1.807) is 0 Å². The van der Waals surface area contributed by atoms with E-state index in [0.717, 1.165) is 18.9 Å². The molecule has 3 rings (SSSR count). The molecule has 0 bridgehead atoms. The molecule has 1 aromatic rings. The van der Waals surface area contributed by atoms with Gasteiger partial charge in [0.1, 0.15) is 6.17 Å². The van der Waals surface area contributed by atoms with Crippen LogP contribution in [0.1, 0.15) is 44.5 Å².